The molecule has 0 amide bonds. The first-order chi connectivity index (χ1) is 11.8. The normalized spacial score (nSPS) is 11.6. The molecule has 0 saturated heterocycles. The van der Waals surface area contributed by atoms with Gasteiger partial charge in [-0.05, 0) is 49.7 Å². The van der Waals surface area contributed by atoms with Gasteiger partial charge in [0.1, 0.15) is 5.82 Å². The minimum absolute atomic E-state index is 0.00678. The van der Waals surface area contributed by atoms with Crippen LogP contribution >= 0.6 is 0 Å². The number of hydrogen-bond donors (Lipinski definition) is 1. The van der Waals surface area contributed by atoms with Crippen molar-refractivity contribution in [2.24, 2.45) is 0 Å². The lowest BCUT2D eigenvalue weighted by atomic mass is 10.1. The van der Waals surface area contributed by atoms with Crippen molar-refractivity contribution in [3.8, 4) is 11.5 Å². The van der Waals surface area contributed by atoms with Gasteiger partial charge in [-0.2, -0.15) is 0 Å². The van der Waals surface area contributed by atoms with Gasteiger partial charge < -0.3 is 4.42 Å². The third-order valence-electron chi connectivity index (χ3n) is 3.57. The number of rotatable bonds is 5. The molecular formula is C17H16FN3O3S. The molecule has 6 nitrogen and oxygen atoms in total. The van der Waals surface area contributed by atoms with Crippen LogP contribution in [0, 0.1) is 19.7 Å². The SMILES string of the molecule is Cc1cccc(-c2nnc(CNS(=O)(=O)c3ccc(F)cc3C)o2)c1. The van der Waals surface area contributed by atoms with E-state index < -0.39 is 15.8 Å². The fraction of sp³-hybridized carbons (Fsp3) is 0.176. The molecule has 130 valence electrons. The number of hydrogen-bond acceptors (Lipinski definition) is 5. The molecule has 0 saturated carbocycles. The van der Waals surface area contributed by atoms with Gasteiger partial charge in [0.2, 0.25) is 21.8 Å². The van der Waals surface area contributed by atoms with Crippen LogP contribution in [0.4, 0.5) is 4.39 Å². The summed E-state index contributed by atoms with van der Waals surface area (Å²) >= 11 is 0. The first-order valence-corrected chi connectivity index (χ1v) is 8.99. The van der Waals surface area contributed by atoms with Gasteiger partial charge in [-0.25, -0.2) is 17.5 Å². The summed E-state index contributed by atoms with van der Waals surface area (Å²) in [6.45, 7) is 3.32. The first-order valence-electron chi connectivity index (χ1n) is 7.50. The maximum absolute atomic E-state index is 13.1. The Balaban J connectivity index is 1.75. The molecular weight excluding hydrogens is 345 g/mol. The minimum atomic E-state index is -3.81. The van der Waals surface area contributed by atoms with E-state index in [2.05, 4.69) is 14.9 Å². The molecule has 0 fully saturated rings. The molecule has 0 aliphatic carbocycles. The highest BCUT2D eigenvalue weighted by Gasteiger charge is 2.18. The van der Waals surface area contributed by atoms with E-state index in [1.54, 1.807) is 0 Å². The van der Waals surface area contributed by atoms with E-state index in [1.165, 1.54) is 13.0 Å². The average Bonchev–Trinajstić information content (AvgIpc) is 3.02. The summed E-state index contributed by atoms with van der Waals surface area (Å²) in [5.41, 5.74) is 2.12. The maximum atomic E-state index is 13.1. The largest absolute Gasteiger partial charge is 0.419 e. The van der Waals surface area contributed by atoms with Crippen LogP contribution in [0.25, 0.3) is 11.5 Å². The molecule has 1 aromatic heterocycles. The van der Waals surface area contributed by atoms with Gasteiger partial charge >= 0.3 is 0 Å². The Morgan fingerprint density at radius 2 is 1.92 bits per heavy atom. The van der Waals surface area contributed by atoms with Crippen LogP contribution in [0.5, 0.6) is 0 Å². The van der Waals surface area contributed by atoms with Gasteiger partial charge in [-0.3, -0.25) is 0 Å². The molecule has 0 aliphatic rings. The summed E-state index contributed by atoms with van der Waals surface area (Å²) in [7, 11) is -3.81. The lowest BCUT2D eigenvalue weighted by Crippen LogP contribution is -2.24. The van der Waals surface area contributed by atoms with Crippen LogP contribution in [0.15, 0.2) is 51.8 Å². The van der Waals surface area contributed by atoms with Crippen LogP contribution < -0.4 is 4.72 Å². The monoisotopic (exact) mass is 361 g/mol. The van der Waals surface area contributed by atoms with E-state index in [0.717, 1.165) is 23.3 Å². The van der Waals surface area contributed by atoms with E-state index in [0.29, 0.717) is 11.5 Å². The third kappa shape index (κ3) is 3.92. The number of nitrogens with one attached hydrogen (secondary N) is 1. The second-order valence-electron chi connectivity index (χ2n) is 5.60. The van der Waals surface area contributed by atoms with Crippen LogP contribution in [0.3, 0.4) is 0 Å². The Hall–Kier alpha value is -2.58. The third-order valence-corrected chi connectivity index (χ3v) is 5.13. The fourth-order valence-electron chi connectivity index (χ4n) is 2.37. The molecule has 1 N–H and O–H groups in total. The molecule has 25 heavy (non-hydrogen) atoms. The lowest BCUT2D eigenvalue weighted by Gasteiger charge is -2.07. The van der Waals surface area contributed by atoms with E-state index in [9.17, 15) is 12.8 Å². The average molecular weight is 361 g/mol. The van der Waals surface area contributed by atoms with Crippen molar-refractivity contribution in [1.82, 2.24) is 14.9 Å². The highest BCUT2D eigenvalue weighted by molar-refractivity contribution is 7.89. The van der Waals surface area contributed by atoms with E-state index >= 15 is 0 Å². The van der Waals surface area contributed by atoms with Crippen LogP contribution in [-0.2, 0) is 16.6 Å². The number of aryl methyl sites for hydroxylation is 2. The first kappa shape index (κ1) is 17.2. The zero-order chi connectivity index (χ0) is 18.0. The second-order valence-corrected chi connectivity index (χ2v) is 7.34. The van der Waals surface area contributed by atoms with Crippen molar-refractivity contribution in [2.75, 3.05) is 0 Å². The summed E-state index contributed by atoms with van der Waals surface area (Å²) < 4.78 is 45.7. The standard InChI is InChI=1S/C17H16FN3O3S/c1-11-4-3-5-13(8-11)17-21-20-16(24-17)10-19-25(22,23)15-7-6-14(18)9-12(15)2/h3-9,19H,10H2,1-2H3. The van der Waals surface area contributed by atoms with Crippen LogP contribution in [0.1, 0.15) is 17.0 Å². The Labute approximate surface area is 144 Å². The smallest absolute Gasteiger partial charge is 0.247 e. The topological polar surface area (TPSA) is 85.1 Å². The molecule has 0 bridgehead atoms. The van der Waals surface area contributed by atoms with Crippen LogP contribution in [0.2, 0.25) is 0 Å². The summed E-state index contributed by atoms with van der Waals surface area (Å²) in [6.07, 6.45) is 0. The summed E-state index contributed by atoms with van der Waals surface area (Å²) in [5.74, 6) is -0.0353. The molecule has 3 rings (SSSR count). The zero-order valence-corrected chi connectivity index (χ0v) is 14.5. The van der Waals surface area contributed by atoms with Crippen LogP contribution in [-0.4, -0.2) is 18.6 Å². The van der Waals surface area contributed by atoms with Gasteiger partial charge in [0.05, 0.1) is 11.4 Å². The van der Waals surface area contributed by atoms with Gasteiger partial charge in [0.25, 0.3) is 0 Å². The lowest BCUT2D eigenvalue weighted by molar-refractivity contribution is 0.494. The molecule has 0 spiro atoms. The fourth-order valence-corrected chi connectivity index (χ4v) is 3.57. The number of nitrogens with zero attached hydrogens (tertiary/aromatic N) is 2. The molecule has 0 unspecified atom stereocenters. The number of halogens is 1. The predicted molar refractivity (Wildman–Crippen MR) is 89.6 cm³/mol. The van der Waals surface area contributed by atoms with Crippen molar-refractivity contribution < 1.29 is 17.2 Å². The van der Waals surface area contributed by atoms with E-state index in [-0.39, 0.29) is 17.3 Å². The Morgan fingerprint density at radius 3 is 2.64 bits per heavy atom. The van der Waals surface area contributed by atoms with Crippen molar-refractivity contribution in [1.29, 1.82) is 0 Å². The maximum Gasteiger partial charge on any atom is 0.247 e. The number of aromatic nitrogens is 2. The Morgan fingerprint density at radius 1 is 1.12 bits per heavy atom. The van der Waals surface area contributed by atoms with Crippen molar-refractivity contribution in [3.05, 3.63) is 65.3 Å². The highest BCUT2D eigenvalue weighted by Crippen LogP contribution is 2.20. The highest BCUT2D eigenvalue weighted by atomic mass is 32.2. The summed E-state index contributed by atoms with van der Waals surface area (Å²) in [4.78, 5) is 0.00678. The number of sulfonamides is 1. The number of benzene rings is 2. The molecule has 2 aromatic carbocycles. The quantitative estimate of drug-likeness (QED) is 0.755. The van der Waals surface area contributed by atoms with E-state index in [1.807, 2.05) is 31.2 Å². The van der Waals surface area contributed by atoms with Gasteiger partial charge in [0.15, 0.2) is 0 Å². The molecule has 8 heteroatoms. The van der Waals surface area contributed by atoms with E-state index in [4.69, 9.17) is 4.42 Å². The van der Waals surface area contributed by atoms with Gasteiger partial charge in [-0.15, -0.1) is 10.2 Å². The summed E-state index contributed by atoms with van der Waals surface area (Å²) in [6, 6.07) is 11.0. The minimum Gasteiger partial charge on any atom is -0.419 e. The Bertz CT molecular complexity index is 1020. The zero-order valence-electron chi connectivity index (χ0n) is 13.7. The molecule has 0 radical (unpaired) electrons. The van der Waals surface area contributed by atoms with Gasteiger partial charge in [-0.1, -0.05) is 17.7 Å². The van der Waals surface area contributed by atoms with Gasteiger partial charge in [0, 0.05) is 5.56 Å². The molecule has 3 aromatic rings. The Kier molecular flexibility index (Phi) is 4.65. The summed E-state index contributed by atoms with van der Waals surface area (Å²) in [5, 5.41) is 7.78. The van der Waals surface area contributed by atoms with Crippen molar-refractivity contribution >= 4 is 10.0 Å². The second kappa shape index (κ2) is 6.73. The molecule has 1 heterocycles. The molecule has 0 atom stereocenters. The predicted octanol–water partition coefficient (Wildman–Crippen LogP) is 2.97. The van der Waals surface area contributed by atoms with Crippen molar-refractivity contribution in [3.63, 3.8) is 0 Å². The van der Waals surface area contributed by atoms with Crippen molar-refractivity contribution in [2.45, 2.75) is 25.3 Å². The molecule has 0 aliphatic heterocycles.